The van der Waals surface area contributed by atoms with Crippen LogP contribution in [0.1, 0.15) is 29.7 Å². The number of aromatic hydroxyl groups is 1. The summed E-state index contributed by atoms with van der Waals surface area (Å²) < 4.78 is 6.68. The second kappa shape index (κ2) is 11.0. The molecule has 206 valence electrons. The van der Waals surface area contributed by atoms with E-state index in [0.29, 0.717) is 22.9 Å². The van der Waals surface area contributed by atoms with E-state index in [4.69, 9.17) is 4.74 Å². The molecule has 0 fully saturated rings. The molecule has 0 spiro atoms. The molecule has 0 amide bonds. The Morgan fingerprint density at radius 2 is 1.73 bits per heavy atom. The van der Waals surface area contributed by atoms with Gasteiger partial charge in [0.1, 0.15) is 0 Å². The summed E-state index contributed by atoms with van der Waals surface area (Å²) in [4.78, 5) is 53.2. The summed E-state index contributed by atoms with van der Waals surface area (Å²) in [6, 6.07) is 18.4. The van der Waals surface area contributed by atoms with Crippen molar-refractivity contribution >= 4 is 40.5 Å². The average molecular weight is 573 g/mol. The lowest BCUT2D eigenvalue weighted by atomic mass is 9.93. The van der Waals surface area contributed by atoms with E-state index in [1.807, 2.05) is 6.07 Å². The number of nitro benzene ring substituents is 2. The number of nitro groups is 2. The molecule has 1 atom stereocenters. The molecule has 2 heterocycles. The van der Waals surface area contributed by atoms with Gasteiger partial charge in [-0.15, -0.1) is 0 Å². The van der Waals surface area contributed by atoms with Crippen LogP contribution in [0.15, 0.2) is 88.2 Å². The number of aromatic nitrogens is 1. The van der Waals surface area contributed by atoms with Gasteiger partial charge >= 0.3 is 11.7 Å². The Hall–Kier alpha value is -5.43. The van der Waals surface area contributed by atoms with Gasteiger partial charge in [-0.3, -0.25) is 29.6 Å². The van der Waals surface area contributed by atoms with Crippen LogP contribution in [-0.4, -0.2) is 32.1 Å². The predicted molar refractivity (Wildman–Crippen MR) is 149 cm³/mol. The summed E-state index contributed by atoms with van der Waals surface area (Å²) in [5, 5.41) is 33.4. The molecule has 1 aromatic heterocycles. The number of thiazole rings is 1. The first-order valence-corrected chi connectivity index (χ1v) is 13.0. The number of carbonyl (C=O) groups excluding carboxylic acids is 1. The number of phenolic OH excluding ortho intramolecular Hbond substituents is 1. The number of hydrogen-bond acceptors (Lipinski definition) is 10. The Bertz CT molecular complexity index is 1910. The fourth-order valence-electron chi connectivity index (χ4n) is 4.51. The molecule has 4 aromatic rings. The Balaban J connectivity index is 1.84. The van der Waals surface area contributed by atoms with E-state index >= 15 is 0 Å². The molecule has 0 saturated heterocycles. The smallest absolute Gasteiger partial charge is 0.338 e. The van der Waals surface area contributed by atoms with Crippen molar-refractivity contribution < 1.29 is 24.5 Å². The largest absolute Gasteiger partial charge is 0.502 e. The molecule has 1 aliphatic heterocycles. The van der Waals surface area contributed by atoms with Gasteiger partial charge in [-0.05, 0) is 18.6 Å². The number of benzene rings is 3. The zero-order valence-corrected chi connectivity index (χ0v) is 22.1. The van der Waals surface area contributed by atoms with Crippen LogP contribution >= 0.6 is 11.3 Å². The van der Waals surface area contributed by atoms with Gasteiger partial charge in [-0.1, -0.05) is 72.0 Å². The number of fused-ring (bicyclic) bond motifs is 1. The molecule has 1 N–H and O–H groups in total. The fourth-order valence-corrected chi connectivity index (χ4v) is 5.50. The highest BCUT2D eigenvalue weighted by atomic mass is 32.1. The first kappa shape index (κ1) is 27.1. The van der Waals surface area contributed by atoms with Crippen LogP contribution in [0, 0.1) is 20.2 Å². The fraction of sp³-hybridized carbons (Fsp3) is 0.107. The molecule has 0 radical (unpaired) electrons. The summed E-state index contributed by atoms with van der Waals surface area (Å²) in [6.45, 7) is 1.75. The van der Waals surface area contributed by atoms with Gasteiger partial charge in [0.2, 0.25) is 5.75 Å². The van der Waals surface area contributed by atoms with E-state index in [-0.39, 0.29) is 27.1 Å². The lowest BCUT2D eigenvalue weighted by molar-refractivity contribution is -0.394. The minimum Gasteiger partial charge on any atom is -0.502 e. The molecular weight excluding hydrogens is 552 g/mol. The maximum atomic E-state index is 13.9. The van der Waals surface area contributed by atoms with Crippen LogP contribution < -0.4 is 14.9 Å². The quantitative estimate of drug-likeness (QED) is 0.200. The second-order valence-corrected chi connectivity index (χ2v) is 9.77. The van der Waals surface area contributed by atoms with Crippen LogP contribution in [0.2, 0.25) is 0 Å². The van der Waals surface area contributed by atoms with E-state index < -0.39 is 44.5 Å². The predicted octanol–water partition coefficient (Wildman–Crippen LogP) is 3.46. The molecular formula is C28H20N4O8S. The Morgan fingerprint density at radius 3 is 2.34 bits per heavy atom. The van der Waals surface area contributed by atoms with Crippen molar-refractivity contribution in [2.24, 2.45) is 4.99 Å². The first-order chi connectivity index (χ1) is 19.7. The first-order valence-electron chi connectivity index (χ1n) is 12.2. The maximum Gasteiger partial charge on any atom is 0.338 e. The Labute approximate surface area is 234 Å². The number of hydrogen-bond donors (Lipinski definition) is 1. The summed E-state index contributed by atoms with van der Waals surface area (Å²) >= 11 is 0.909. The topological polar surface area (TPSA) is 167 Å². The monoisotopic (exact) mass is 572 g/mol. The highest BCUT2D eigenvalue weighted by Gasteiger charge is 2.35. The van der Waals surface area contributed by atoms with Crippen molar-refractivity contribution in [1.29, 1.82) is 0 Å². The number of ether oxygens (including phenoxy) is 1. The van der Waals surface area contributed by atoms with Crippen molar-refractivity contribution in [3.8, 4) is 5.75 Å². The van der Waals surface area contributed by atoms with Gasteiger partial charge in [-0.25, -0.2) is 9.79 Å². The van der Waals surface area contributed by atoms with Crippen LogP contribution in [-0.2, 0) is 9.53 Å². The molecule has 5 rings (SSSR count). The number of rotatable bonds is 7. The molecule has 12 nitrogen and oxygen atoms in total. The number of non-ortho nitro benzene ring substituents is 1. The number of esters is 1. The minimum atomic E-state index is -0.950. The van der Waals surface area contributed by atoms with E-state index in [1.165, 1.54) is 4.57 Å². The van der Waals surface area contributed by atoms with Crippen molar-refractivity contribution in [1.82, 2.24) is 4.57 Å². The molecule has 3 aromatic carbocycles. The van der Waals surface area contributed by atoms with E-state index in [2.05, 4.69) is 4.99 Å². The second-order valence-electron chi connectivity index (χ2n) is 8.76. The summed E-state index contributed by atoms with van der Waals surface area (Å²) in [5.74, 6) is -1.49. The number of carbonyl (C=O) groups is 1. The van der Waals surface area contributed by atoms with Crippen molar-refractivity contribution in [3.05, 3.63) is 135 Å². The standard InChI is InChI=1S/C28H20N4O8S/c1-2-40-27(35)22-23(16-9-5-3-6-10-16)29-28-30(24(22)17-11-7-4-8-12-17)26(34)21(41-28)14-18-13-19(31(36)37)15-20(25(18)33)32(38)39/h3-15,24,33H,2H2,1H3/b21-14-/t24-/m1/s1. The molecule has 0 bridgehead atoms. The Morgan fingerprint density at radius 1 is 1.07 bits per heavy atom. The van der Waals surface area contributed by atoms with E-state index in [9.17, 15) is 34.9 Å². The zero-order valence-electron chi connectivity index (χ0n) is 21.3. The summed E-state index contributed by atoms with van der Waals surface area (Å²) in [7, 11) is 0. The highest BCUT2D eigenvalue weighted by molar-refractivity contribution is 7.07. The Kier molecular flexibility index (Phi) is 7.27. The molecule has 13 heteroatoms. The van der Waals surface area contributed by atoms with Gasteiger partial charge in [0.15, 0.2) is 4.80 Å². The van der Waals surface area contributed by atoms with Crippen molar-refractivity contribution in [2.45, 2.75) is 13.0 Å². The lowest BCUT2D eigenvalue weighted by Crippen LogP contribution is -2.40. The zero-order chi connectivity index (χ0) is 29.3. The van der Waals surface area contributed by atoms with Gasteiger partial charge in [-0.2, -0.15) is 0 Å². The van der Waals surface area contributed by atoms with Crippen LogP contribution in [0.5, 0.6) is 5.75 Å². The van der Waals surface area contributed by atoms with Gasteiger partial charge in [0, 0.05) is 17.2 Å². The molecule has 0 saturated carbocycles. The normalized spacial score (nSPS) is 14.8. The van der Waals surface area contributed by atoms with Gasteiger partial charge < -0.3 is 9.84 Å². The van der Waals surface area contributed by atoms with Crippen LogP contribution in [0.3, 0.4) is 0 Å². The van der Waals surface area contributed by atoms with Crippen molar-refractivity contribution in [2.75, 3.05) is 6.61 Å². The lowest BCUT2D eigenvalue weighted by Gasteiger charge is -2.25. The molecule has 0 unspecified atom stereocenters. The number of phenols is 1. The van der Waals surface area contributed by atoms with E-state index in [1.54, 1.807) is 61.5 Å². The third-order valence-electron chi connectivity index (χ3n) is 6.29. The SMILES string of the molecule is CCOC(=O)C1=C(c2ccccc2)N=c2s/c(=C\c3cc([N+](=O)[O-])cc([N+](=O)[O-])c3O)c(=O)n2[C@@H]1c1ccccc1. The van der Waals surface area contributed by atoms with Crippen LogP contribution in [0.25, 0.3) is 11.8 Å². The highest BCUT2D eigenvalue weighted by Crippen LogP contribution is 2.36. The van der Waals surface area contributed by atoms with Gasteiger partial charge in [0.25, 0.3) is 11.2 Å². The van der Waals surface area contributed by atoms with Crippen molar-refractivity contribution in [3.63, 3.8) is 0 Å². The summed E-state index contributed by atoms with van der Waals surface area (Å²) in [5.41, 5.74) is -0.772. The average Bonchev–Trinajstić information content (AvgIpc) is 3.28. The maximum absolute atomic E-state index is 13.9. The minimum absolute atomic E-state index is 0.0210. The number of nitrogens with zero attached hydrogens (tertiary/aromatic N) is 4. The molecule has 0 aliphatic carbocycles. The third-order valence-corrected chi connectivity index (χ3v) is 7.27. The molecule has 41 heavy (non-hydrogen) atoms. The third kappa shape index (κ3) is 5.01. The summed E-state index contributed by atoms with van der Waals surface area (Å²) in [6.07, 6.45) is 1.14. The van der Waals surface area contributed by atoms with Crippen LogP contribution in [0.4, 0.5) is 11.4 Å². The molecule has 1 aliphatic rings. The van der Waals surface area contributed by atoms with Gasteiger partial charge in [0.05, 0.1) is 44.4 Å². The van der Waals surface area contributed by atoms with E-state index in [0.717, 1.165) is 23.5 Å².